The van der Waals surface area contributed by atoms with Crippen LogP contribution in [0, 0.1) is 11.8 Å². The molecule has 8 nitrogen and oxygen atoms in total. The van der Waals surface area contributed by atoms with Crippen LogP contribution in [0.3, 0.4) is 0 Å². The summed E-state index contributed by atoms with van der Waals surface area (Å²) in [5, 5.41) is 0. The van der Waals surface area contributed by atoms with Crippen LogP contribution in [0.2, 0.25) is 0 Å². The molecule has 11 heteroatoms. The Labute approximate surface area is 563 Å². The normalized spacial score (nSPS) is 12.8. The first-order valence-electron chi connectivity index (χ1n) is 37.5. The van der Waals surface area contributed by atoms with Gasteiger partial charge in [0.1, 0.15) is 0 Å². The summed E-state index contributed by atoms with van der Waals surface area (Å²) in [7, 11) is -9.25. The van der Waals surface area contributed by atoms with Gasteiger partial charge in [0.25, 0.3) is 0 Å². The van der Waals surface area contributed by atoms with Crippen LogP contribution in [0.1, 0.15) is 426 Å². The van der Waals surface area contributed by atoms with Crippen LogP contribution >= 0.6 is 0 Å². The van der Waals surface area contributed by atoms with E-state index in [0.29, 0.717) is 0 Å². The smallest absolute Gasteiger partial charge is 0.726 e. The summed E-state index contributed by atoms with van der Waals surface area (Å²) >= 11 is 0. The van der Waals surface area contributed by atoms with Crippen molar-refractivity contribution >= 4 is 58.5 Å². The van der Waals surface area contributed by atoms with Gasteiger partial charge in [0.05, 0.1) is 13.2 Å². The maximum Gasteiger partial charge on any atom is 2.00 e. The van der Waals surface area contributed by atoms with Gasteiger partial charge in [-0.25, -0.2) is 16.8 Å². The third-order valence-electron chi connectivity index (χ3n) is 17.5. The van der Waals surface area contributed by atoms with Crippen molar-refractivity contribution in [2.45, 2.75) is 426 Å². The van der Waals surface area contributed by atoms with Crippen LogP contribution in [0.15, 0.2) is 24.3 Å². The Kier molecular flexibility index (Phi) is 79.3. The van der Waals surface area contributed by atoms with Gasteiger partial charge in [-0.15, -0.1) is 0 Å². The minimum absolute atomic E-state index is 0. The SMILES string of the molecule is CCCCCCCCCCCCCCCCC/C=C/C(CCCCCCCCCCCCCCCC)COS(=O)(=O)[O-].CCCCCCCCCCCCCCCCC/C=C/C(CCCCCCCCCCCCCCCC)COS(=O)(=O)[O-].[Ca+2]. The Bertz CT molecular complexity index is 1410. The second kappa shape index (κ2) is 75.2. The van der Waals surface area contributed by atoms with Crippen LogP contribution in [-0.4, -0.2) is 76.9 Å². The fraction of sp³-hybridized carbons (Fsp3) is 0.946. The average Bonchev–Trinajstić information content (AvgIpc) is 3.48. The predicted molar refractivity (Wildman–Crippen MR) is 371 cm³/mol. The molecule has 0 heterocycles. The molecular formula is C74H146CaO8S2. The Morgan fingerprint density at radius 2 is 0.412 bits per heavy atom. The van der Waals surface area contributed by atoms with Crippen molar-refractivity contribution < 1.29 is 34.3 Å². The quantitative estimate of drug-likeness (QED) is 0.0193. The molecule has 85 heavy (non-hydrogen) atoms. The van der Waals surface area contributed by atoms with Crippen LogP contribution in [0.5, 0.6) is 0 Å². The molecule has 2 atom stereocenters. The van der Waals surface area contributed by atoms with E-state index in [-0.39, 0.29) is 62.8 Å². The molecule has 0 aromatic carbocycles. The summed E-state index contributed by atoms with van der Waals surface area (Å²) in [6, 6.07) is 0. The summed E-state index contributed by atoms with van der Waals surface area (Å²) < 4.78 is 75.0. The van der Waals surface area contributed by atoms with Gasteiger partial charge in [-0.1, -0.05) is 412 Å². The van der Waals surface area contributed by atoms with Crippen molar-refractivity contribution in [1.82, 2.24) is 0 Å². The van der Waals surface area contributed by atoms with E-state index < -0.39 is 20.8 Å². The summed E-state index contributed by atoms with van der Waals surface area (Å²) in [4.78, 5) is 0. The minimum Gasteiger partial charge on any atom is -0.726 e. The summed E-state index contributed by atoms with van der Waals surface area (Å²) in [6.45, 7) is 9.08. The molecule has 0 amide bonds. The largest absolute Gasteiger partial charge is 2.00 e. The van der Waals surface area contributed by atoms with Gasteiger partial charge in [0.15, 0.2) is 0 Å². The zero-order valence-electron chi connectivity index (χ0n) is 57.5. The standard InChI is InChI=1S/2C37H74O4S.Ca/c2*1-3-5-7-9-11-13-15-17-19-20-21-23-25-27-29-31-33-35-37(36-41-42(38,39)40)34-32-30-28-26-24-22-18-16-14-12-10-8-6-4-2;/h2*33,35,37H,3-32,34,36H2,1-2H3,(H,38,39,40);/q;;+2/p-2/b2*35-33+;. The topological polar surface area (TPSA) is 133 Å². The monoisotopic (exact) mass is 1270 g/mol. The Balaban J connectivity index is -0.00000156. The molecule has 0 aliphatic heterocycles. The molecule has 0 aliphatic carbocycles. The molecule has 504 valence electrons. The minimum atomic E-state index is -4.62. The third-order valence-corrected chi connectivity index (χ3v) is 18.3. The number of hydrogen-bond donors (Lipinski definition) is 0. The molecule has 0 aromatic heterocycles. The van der Waals surface area contributed by atoms with Gasteiger partial charge in [-0.05, 0) is 38.5 Å². The van der Waals surface area contributed by atoms with E-state index in [2.05, 4.69) is 60.4 Å². The fourth-order valence-electron chi connectivity index (χ4n) is 11.9. The first-order chi connectivity index (χ1) is 41.0. The molecule has 0 fully saturated rings. The van der Waals surface area contributed by atoms with Crippen LogP contribution in [0.4, 0.5) is 0 Å². The first kappa shape index (κ1) is 89.7. The molecule has 0 saturated carbocycles. The second-order valence-electron chi connectivity index (χ2n) is 26.0. The molecule has 0 rings (SSSR count). The van der Waals surface area contributed by atoms with Crippen LogP contribution in [-0.2, 0) is 29.2 Å². The first-order valence-corrected chi connectivity index (χ1v) is 40.2. The van der Waals surface area contributed by atoms with Crippen molar-refractivity contribution in [3.63, 3.8) is 0 Å². The Morgan fingerprint density at radius 1 is 0.259 bits per heavy atom. The summed E-state index contributed by atoms with van der Waals surface area (Å²) in [5.74, 6) is 0.0322. The zero-order valence-corrected chi connectivity index (χ0v) is 61.3. The van der Waals surface area contributed by atoms with Gasteiger partial charge < -0.3 is 9.11 Å². The van der Waals surface area contributed by atoms with Crippen molar-refractivity contribution in [2.75, 3.05) is 13.2 Å². The second-order valence-corrected chi connectivity index (χ2v) is 28.1. The Morgan fingerprint density at radius 3 is 0.576 bits per heavy atom. The molecule has 0 radical (unpaired) electrons. The summed E-state index contributed by atoms with van der Waals surface area (Å²) in [5.41, 5.74) is 0. The molecule has 0 spiro atoms. The van der Waals surface area contributed by atoms with Gasteiger partial charge >= 0.3 is 37.7 Å². The van der Waals surface area contributed by atoms with Crippen LogP contribution in [0.25, 0.3) is 0 Å². The molecule has 2 unspecified atom stereocenters. The van der Waals surface area contributed by atoms with Crippen molar-refractivity contribution in [3.8, 4) is 0 Å². The molecule has 0 saturated heterocycles. The van der Waals surface area contributed by atoms with Gasteiger partial charge in [-0.3, -0.25) is 8.37 Å². The van der Waals surface area contributed by atoms with Gasteiger partial charge in [0, 0.05) is 11.8 Å². The maximum atomic E-state index is 11.0. The van der Waals surface area contributed by atoms with E-state index in [1.165, 1.54) is 360 Å². The summed E-state index contributed by atoms with van der Waals surface area (Å²) in [6.07, 6.45) is 90.6. The van der Waals surface area contributed by atoms with Crippen molar-refractivity contribution in [2.24, 2.45) is 11.8 Å². The number of unbranched alkanes of at least 4 members (excludes halogenated alkanes) is 56. The maximum absolute atomic E-state index is 11.0. The van der Waals surface area contributed by atoms with E-state index in [1.54, 1.807) is 0 Å². The van der Waals surface area contributed by atoms with Gasteiger partial charge in [-0.2, -0.15) is 0 Å². The molecule has 0 bridgehead atoms. The number of rotatable bonds is 70. The van der Waals surface area contributed by atoms with E-state index in [4.69, 9.17) is 0 Å². The molecule has 0 aromatic rings. The molecule has 0 N–H and O–H groups in total. The molecule has 0 aliphatic rings. The zero-order chi connectivity index (χ0) is 61.7. The Hall–Kier alpha value is 0.480. The van der Waals surface area contributed by atoms with Crippen molar-refractivity contribution in [3.05, 3.63) is 24.3 Å². The average molecular weight is 1270 g/mol. The van der Waals surface area contributed by atoms with E-state index in [1.807, 2.05) is 0 Å². The predicted octanol–water partition coefficient (Wildman–Crippen LogP) is 25.2. The van der Waals surface area contributed by atoms with E-state index in [0.717, 1.165) is 38.5 Å². The third kappa shape index (κ3) is 84.5. The van der Waals surface area contributed by atoms with Crippen molar-refractivity contribution in [1.29, 1.82) is 0 Å². The van der Waals surface area contributed by atoms with E-state index in [9.17, 15) is 25.9 Å². The number of allylic oxidation sites excluding steroid dienone is 2. The molecular weight excluding hydrogens is 1120 g/mol. The van der Waals surface area contributed by atoms with Gasteiger partial charge in [0.2, 0.25) is 20.8 Å². The van der Waals surface area contributed by atoms with E-state index >= 15 is 0 Å². The van der Waals surface area contributed by atoms with Crippen LogP contribution < -0.4 is 0 Å². The number of hydrogen-bond acceptors (Lipinski definition) is 8. The fourth-order valence-corrected chi connectivity index (χ4v) is 12.5.